The van der Waals surface area contributed by atoms with Gasteiger partial charge < -0.3 is 21.7 Å². The summed E-state index contributed by atoms with van der Waals surface area (Å²) in [4.78, 5) is 28.0. The van der Waals surface area contributed by atoms with Crippen LogP contribution in [-0.2, 0) is 4.79 Å². The molecule has 0 atom stereocenters. The smallest absolute Gasteiger partial charge is 0.265 e. The van der Waals surface area contributed by atoms with Crippen molar-refractivity contribution in [3.8, 4) is 0 Å². The highest BCUT2D eigenvalue weighted by molar-refractivity contribution is 7.18. The number of hydrogen-bond acceptors (Lipinski definition) is 6. The molecular formula is C13H19N5O2S. The fraction of sp³-hybridized carbons (Fsp3) is 0.615. The Morgan fingerprint density at radius 2 is 1.90 bits per heavy atom. The van der Waals surface area contributed by atoms with Crippen molar-refractivity contribution in [3.63, 3.8) is 0 Å². The van der Waals surface area contributed by atoms with E-state index in [1.807, 2.05) is 0 Å². The van der Waals surface area contributed by atoms with Gasteiger partial charge in [0, 0.05) is 25.0 Å². The number of nitrogens with two attached hydrogens (primary N) is 1. The second-order valence-electron chi connectivity index (χ2n) is 5.47. The van der Waals surface area contributed by atoms with Gasteiger partial charge in [0.2, 0.25) is 5.91 Å². The van der Waals surface area contributed by atoms with E-state index in [9.17, 15) is 9.59 Å². The minimum Gasteiger partial charge on any atom is -0.382 e. The predicted molar refractivity (Wildman–Crippen MR) is 81.2 cm³/mol. The average molecular weight is 309 g/mol. The third kappa shape index (κ3) is 3.84. The quantitative estimate of drug-likeness (QED) is 0.550. The summed E-state index contributed by atoms with van der Waals surface area (Å²) in [6, 6.07) is 0.476. The summed E-state index contributed by atoms with van der Waals surface area (Å²) in [5, 5.41) is 9.46. The van der Waals surface area contributed by atoms with Gasteiger partial charge in [0.05, 0.1) is 0 Å². The summed E-state index contributed by atoms with van der Waals surface area (Å²) in [6.45, 7) is 0.826. The van der Waals surface area contributed by atoms with Gasteiger partial charge >= 0.3 is 0 Å². The number of anilines is 2. The number of nitrogens with one attached hydrogen (secondary N) is 3. The van der Waals surface area contributed by atoms with E-state index in [1.54, 1.807) is 0 Å². The molecule has 2 aliphatic carbocycles. The number of rotatable bonds is 7. The fourth-order valence-corrected chi connectivity index (χ4v) is 2.77. The zero-order chi connectivity index (χ0) is 14.8. The van der Waals surface area contributed by atoms with Gasteiger partial charge in [-0.15, -0.1) is 0 Å². The Morgan fingerprint density at radius 3 is 2.57 bits per heavy atom. The van der Waals surface area contributed by atoms with Crippen LogP contribution in [0.25, 0.3) is 0 Å². The van der Waals surface area contributed by atoms with E-state index in [-0.39, 0.29) is 23.6 Å². The summed E-state index contributed by atoms with van der Waals surface area (Å²) in [5.74, 6) is 0.281. The molecule has 21 heavy (non-hydrogen) atoms. The van der Waals surface area contributed by atoms with Gasteiger partial charge in [0.25, 0.3) is 5.91 Å². The predicted octanol–water partition coefficient (Wildman–Crippen LogP) is 0.556. The van der Waals surface area contributed by atoms with Crippen LogP contribution in [0.3, 0.4) is 0 Å². The van der Waals surface area contributed by atoms with E-state index in [0.29, 0.717) is 29.1 Å². The first-order chi connectivity index (χ1) is 10.1. The number of amides is 2. The molecule has 1 aromatic heterocycles. The molecular weight excluding hydrogens is 290 g/mol. The van der Waals surface area contributed by atoms with Crippen LogP contribution in [0.5, 0.6) is 0 Å². The van der Waals surface area contributed by atoms with Crippen molar-refractivity contribution in [1.82, 2.24) is 15.6 Å². The lowest BCUT2D eigenvalue weighted by Gasteiger charge is -2.05. The minimum absolute atomic E-state index is 0.0810. The molecule has 2 aliphatic rings. The van der Waals surface area contributed by atoms with E-state index in [0.717, 1.165) is 25.7 Å². The molecule has 0 aromatic carbocycles. The van der Waals surface area contributed by atoms with Gasteiger partial charge in [-0.05, 0) is 25.7 Å². The third-order valence-corrected chi connectivity index (χ3v) is 4.42. The Morgan fingerprint density at radius 1 is 1.19 bits per heavy atom. The molecule has 3 rings (SSSR count). The largest absolute Gasteiger partial charge is 0.382 e. The number of carbonyl (C=O) groups excluding carboxylic acids is 2. The molecule has 7 nitrogen and oxygen atoms in total. The van der Waals surface area contributed by atoms with Crippen molar-refractivity contribution in [2.24, 2.45) is 5.92 Å². The number of hydrogen-bond donors (Lipinski definition) is 4. The Bertz CT molecular complexity index is 551. The molecule has 2 saturated carbocycles. The number of nitrogen functional groups attached to an aromatic ring is 1. The third-order valence-electron chi connectivity index (χ3n) is 3.42. The van der Waals surface area contributed by atoms with Crippen LogP contribution >= 0.6 is 11.3 Å². The molecule has 0 aliphatic heterocycles. The van der Waals surface area contributed by atoms with Crippen molar-refractivity contribution in [3.05, 3.63) is 4.88 Å². The van der Waals surface area contributed by atoms with Gasteiger partial charge in [-0.25, -0.2) is 4.98 Å². The van der Waals surface area contributed by atoms with Crippen molar-refractivity contribution in [2.45, 2.75) is 31.7 Å². The van der Waals surface area contributed by atoms with Crippen LogP contribution in [0.4, 0.5) is 10.9 Å². The average Bonchev–Trinajstić information content (AvgIpc) is 3.33. The lowest BCUT2D eigenvalue weighted by Crippen LogP contribution is -2.35. The Balaban J connectivity index is 1.43. The molecule has 0 saturated heterocycles. The lowest BCUT2D eigenvalue weighted by molar-refractivity contribution is -0.122. The highest BCUT2D eigenvalue weighted by Crippen LogP contribution is 2.30. The molecule has 1 aromatic rings. The first-order valence-electron chi connectivity index (χ1n) is 7.22. The van der Waals surface area contributed by atoms with Gasteiger partial charge in [0.1, 0.15) is 10.7 Å². The van der Waals surface area contributed by atoms with Gasteiger partial charge in [0.15, 0.2) is 5.13 Å². The number of nitrogens with zero attached hydrogens (tertiary/aromatic N) is 1. The summed E-state index contributed by atoms with van der Waals surface area (Å²) in [5.41, 5.74) is 5.77. The number of thiazole rings is 1. The topological polar surface area (TPSA) is 109 Å². The second-order valence-corrected chi connectivity index (χ2v) is 6.47. The fourth-order valence-electron chi connectivity index (χ4n) is 1.89. The van der Waals surface area contributed by atoms with Crippen LogP contribution in [0.15, 0.2) is 0 Å². The van der Waals surface area contributed by atoms with Crippen LogP contribution in [0, 0.1) is 5.92 Å². The summed E-state index contributed by atoms with van der Waals surface area (Å²) < 4.78 is 0. The molecule has 0 radical (unpaired) electrons. The standard InChI is InChI=1S/C13H19N5O2S/c14-10-9(21-13(18-10)17-8-3-4-8)12(20)16-6-5-15-11(19)7-1-2-7/h7-8H,1-6,14H2,(H,15,19)(H,16,20)(H,17,18). The van der Waals surface area contributed by atoms with E-state index in [4.69, 9.17) is 5.73 Å². The van der Waals surface area contributed by atoms with Crippen molar-refractivity contribution < 1.29 is 9.59 Å². The van der Waals surface area contributed by atoms with Crippen LogP contribution < -0.4 is 21.7 Å². The molecule has 0 bridgehead atoms. The normalized spacial score (nSPS) is 17.3. The SMILES string of the molecule is Nc1nc(NC2CC2)sc1C(=O)NCCNC(=O)C1CC1. The molecule has 2 fully saturated rings. The lowest BCUT2D eigenvalue weighted by atomic mass is 10.4. The maximum Gasteiger partial charge on any atom is 0.265 e. The molecule has 8 heteroatoms. The molecule has 0 spiro atoms. The molecule has 1 heterocycles. The first-order valence-corrected chi connectivity index (χ1v) is 8.04. The van der Waals surface area contributed by atoms with E-state index < -0.39 is 0 Å². The highest BCUT2D eigenvalue weighted by atomic mass is 32.1. The number of carbonyl (C=O) groups is 2. The monoisotopic (exact) mass is 309 g/mol. The van der Waals surface area contributed by atoms with Gasteiger partial charge in [-0.1, -0.05) is 11.3 Å². The second kappa shape index (κ2) is 5.88. The van der Waals surface area contributed by atoms with Crippen molar-refractivity contribution in [2.75, 3.05) is 24.1 Å². The Labute approximate surface area is 126 Å². The molecule has 114 valence electrons. The minimum atomic E-state index is -0.241. The molecule has 0 unspecified atom stereocenters. The zero-order valence-electron chi connectivity index (χ0n) is 11.6. The van der Waals surface area contributed by atoms with Crippen LogP contribution in [0.1, 0.15) is 35.4 Å². The summed E-state index contributed by atoms with van der Waals surface area (Å²) in [6.07, 6.45) is 4.24. The van der Waals surface area contributed by atoms with Crippen LogP contribution in [0.2, 0.25) is 0 Å². The van der Waals surface area contributed by atoms with E-state index in [2.05, 4.69) is 20.9 Å². The maximum absolute atomic E-state index is 12.0. The maximum atomic E-state index is 12.0. The zero-order valence-corrected chi connectivity index (χ0v) is 12.5. The van der Waals surface area contributed by atoms with Crippen LogP contribution in [-0.4, -0.2) is 35.9 Å². The highest BCUT2D eigenvalue weighted by Gasteiger charge is 2.29. The van der Waals surface area contributed by atoms with Gasteiger partial charge in [-0.2, -0.15) is 0 Å². The first kappa shape index (κ1) is 14.1. The Kier molecular flexibility index (Phi) is 3.96. The Hall–Kier alpha value is -1.83. The van der Waals surface area contributed by atoms with E-state index in [1.165, 1.54) is 11.3 Å². The van der Waals surface area contributed by atoms with Crippen molar-refractivity contribution in [1.29, 1.82) is 0 Å². The van der Waals surface area contributed by atoms with Gasteiger partial charge in [-0.3, -0.25) is 9.59 Å². The van der Waals surface area contributed by atoms with Crippen molar-refractivity contribution >= 4 is 34.1 Å². The summed E-state index contributed by atoms with van der Waals surface area (Å²) >= 11 is 1.27. The van der Waals surface area contributed by atoms with E-state index >= 15 is 0 Å². The number of aromatic nitrogens is 1. The molecule has 2 amide bonds. The molecule has 5 N–H and O–H groups in total. The summed E-state index contributed by atoms with van der Waals surface area (Å²) in [7, 11) is 0.